The number of rotatable bonds is 11. The van der Waals surface area contributed by atoms with Crippen molar-refractivity contribution in [1.82, 2.24) is 14.5 Å². The molecule has 3 aromatic rings. The Kier molecular flexibility index (Phi) is 9.37. The molecule has 1 aliphatic carbocycles. The maximum absolute atomic E-state index is 13.9. The average Bonchev–Trinajstić information content (AvgIpc) is 3.20. The van der Waals surface area contributed by atoms with E-state index in [-0.39, 0.29) is 54.2 Å². The predicted molar refractivity (Wildman–Crippen MR) is 160 cm³/mol. The lowest BCUT2D eigenvalue weighted by Gasteiger charge is -2.33. The zero-order valence-corrected chi connectivity index (χ0v) is 24.5. The molecule has 1 heterocycles. The van der Waals surface area contributed by atoms with Crippen LogP contribution in [0.4, 0.5) is 0 Å². The van der Waals surface area contributed by atoms with Crippen LogP contribution in [0.5, 0.6) is 0 Å². The van der Waals surface area contributed by atoms with Crippen LogP contribution in [0.2, 0.25) is 0 Å². The zero-order valence-electron chi connectivity index (χ0n) is 23.7. The molecule has 0 radical (unpaired) electrons. The molecule has 0 aromatic heterocycles. The number of nitrogens with zero attached hydrogens (tertiary/aromatic N) is 2. The summed E-state index contributed by atoms with van der Waals surface area (Å²) in [4.78, 5) is 42.2. The van der Waals surface area contributed by atoms with Crippen LogP contribution in [-0.4, -0.2) is 54.0 Å². The lowest BCUT2D eigenvalue weighted by Crippen LogP contribution is -2.52. The lowest BCUT2D eigenvalue weighted by molar-refractivity contribution is -0.141. The molecule has 220 valence electrons. The summed E-state index contributed by atoms with van der Waals surface area (Å²) in [5.74, 6) is -1.02. The van der Waals surface area contributed by atoms with Crippen molar-refractivity contribution in [2.24, 2.45) is 0 Å². The van der Waals surface area contributed by atoms with Crippen molar-refractivity contribution >= 4 is 27.7 Å². The van der Waals surface area contributed by atoms with Gasteiger partial charge in [-0.3, -0.25) is 14.4 Å². The predicted octanol–water partition coefficient (Wildman–Crippen LogP) is 4.70. The molecule has 2 aliphatic rings. The van der Waals surface area contributed by atoms with Gasteiger partial charge in [-0.05, 0) is 42.5 Å². The minimum Gasteiger partial charge on any atom is -0.352 e. The van der Waals surface area contributed by atoms with E-state index in [1.165, 1.54) is 18.6 Å². The molecule has 0 bridgehead atoms. The summed E-state index contributed by atoms with van der Waals surface area (Å²) in [6, 6.07) is 24.7. The van der Waals surface area contributed by atoms with Gasteiger partial charge >= 0.3 is 0 Å². The number of carbonyl (C=O) groups is 3. The number of hydrogen-bond acceptors (Lipinski definition) is 5. The Morgan fingerprint density at radius 1 is 0.857 bits per heavy atom. The van der Waals surface area contributed by atoms with Gasteiger partial charge in [-0.2, -0.15) is 0 Å². The van der Waals surface area contributed by atoms with Crippen molar-refractivity contribution in [3.05, 3.63) is 102 Å². The fourth-order valence-electron chi connectivity index (χ4n) is 5.85. The highest BCUT2D eigenvalue weighted by atomic mass is 32.2. The molecule has 9 heteroatoms. The van der Waals surface area contributed by atoms with Gasteiger partial charge in [-0.1, -0.05) is 92.1 Å². The monoisotopic (exact) mass is 587 g/mol. The Hall–Kier alpha value is -3.98. The second-order valence-corrected chi connectivity index (χ2v) is 12.9. The standard InChI is InChI=1S/C33H37N3O5S/c37-31(21-12-22-36-33(39)28-19-10-11-20-30(28)42(36,40)41)35(24-26-15-6-2-7-16-26)29(23-25-13-4-1-5-14-25)32(38)34-27-17-8-3-9-18-27/h1-2,4-7,10-11,13-16,19-20,27,29H,3,8-9,12,17-18,21-24H2,(H,34,38)/t29-/m1/s1. The quantitative estimate of drug-likeness (QED) is 0.350. The number of amides is 3. The van der Waals surface area contributed by atoms with Crippen molar-refractivity contribution in [2.75, 3.05) is 6.54 Å². The van der Waals surface area contributed by atoms with Crippen molar-refractivity contribution in [1.29, 1.82) is 0 Å². The third-order valence-corrected chi connectivity index (χ3v) is 9.92. The number of hydrogen-bond donors (Lipinski definition) is 1. The van der Waals surface area contributed by atoms with Crippen LogP contribution in [0, 0.1) is 0 Å². The van der Waals surface area contributed by atoms with Crippen LogP contribution in [-0.2, 0) is 32.6 Å². The van der Waals surface area contributed by atoms with E-state index in [2.05, 4.69) is 5.32 Å². The van der Waals surface area contributed by atoms with E-state index in [1.54, 1.807) is 17.0 Å². The maximum Gasteiger partial charge on any atom is 0.269 e. The van der Waals surface area contributed by atoms with Gasteiger partial charge in [0.1, 0.15) is 10.9 Å². The van der Waals surface area contributed by atoms with E-state index in [9.17, 15) is 22.8 Å². The Bertz CT molecular complexity index is 1500. The first kappa shape index (κ1) is 29.5. The first-order chi connectivity index (χ1) is 20.3. The summed E-state index contributed by atoms with van der Waals surface area (Å²) in [6.07, 6.45) is 5.65. The largest absolute Gasteiger partial charge is 0.352 e. The summed E-state index contributed by atoms with van der Waals surface area (Å²) in [5, 5.41) is 3.22. The lowest BCUT2D eigenvalue weighted by atomic mass is 9.94. The minimum atomic E-state index is -3.95. The molecule has 1 fully saturated rings. The van der Waals surface area contributed by atoms with E-state index < -0.39 is 22.0 Å². The van der Waals surface area contributed by atoms with E-state index >= 15 is 0 Å². The maximum atomic E-state index is 13.9. The summed E-state index contributed by atoms with van der Waals surface area (Å²) in [7, 11) is -3.95. The van der Waals surface area contributed by atoms with Gasteiger partial charge in [-0.25, -0.2) is 12.7 Å². The number of nitrogens with one attached hydrogen (secondary N) is 1. The van der Waals surface area contributed by atoms with Gasteiger partial charge in [-0.15, -0.1) is 0 Å². The Morgan fingerprint density at radius 2 is 1.48 bits per heavy atom. The van der Waals surface area contributed by atoms with Crippen LogP contribution >= 0.6 is 0 Å². The third-order valence-electron chi connectivity index (χ3n) is 8.08. The summed E-state index contributed by atoms with van der Waals surface area (Å²) in [6.45, 7) is 0.125. The molecule has 1 N–H and O–H groups in total. The topological polar surface area (TPSA) is 104 Å². The van der Waals surface area contributed by atoms with Gasteiger partial charge in [0.2, 0.25) is 11.8 Å². The molecule has 1 atom stereocenters. The van der Waals surface area contributed by atoms with Gasteiger partial charge in [0, 0.05) is 32.0 Å². The number of sulfonamides is 1. The molecule has 0 unspecified atom stereocenters. The van der Waals surface area contributed by atoms with Crippen LogP contribution in [0.15, 0.2) is 89.8 Å². The van der Waals surface area contributed by atoms with Gasteiger partial charge in [0.15, 0.2) is 0 Å². The zero-order chi connectivity index (χ0) is 29.5. The van der Waals surface area contributed by atoms with Gasteiger partial charge in [0.25, 0.3) is 15.9 Å². The Morgan fingerprint density at radius 3 is 2.14 bits per heavy atom. The molecule has 3 amide bonds. The molecular formula is C33H37N3O5S. The molecule has 0 saturated heterocycles. The second-order valence-electron chi connectivity index (χ2n) is 11.0. The van der Waals surface area contributed by atoms with Crippen LogP contribution < -0.4 is 5.32 Å². The Labute approximate surface area is 247 Å². The number of carbonyl (C=O) groups excluding carboxylic acids is 3. The fraction of sp³-hybridized carbons (Fsp3) is 0.364. The Balaban J connectivity index is 1.36. The van der Waals surface area contributed by atoms with Crippen LogP contribution in [0.1, 0.15) is 66.4 Å². The highest BCUT2D eigenvalue weighted by Gasteiger charge is 2.40. The molecular weight excluding hydrogens is 550 g/mol. The van der Waals surface area contributed by atoms with E-state index in [1.807, 2.05) is 60.7 Å². The first-order valence-electron chi connectivity index (χ1n) is 14.7. The highest BCUT2D eigenvalue weighted by Crippen LogP contribution is 2.30. The minimum absolute atomic E-state index is 0.00524. The summed E-state index contributed by atoms with van der Waals surface area (Å²) in [5.41, 5.74) is 1.98. The number of fused-ring (bicyclic) bond motifs is 1. The smallest absolute Gasteiger partial charge is 0.269 e. The average molecular weight is 588 g/mol. The molecule has 1 saturated carbocycles. The summed E-state index contributed by atoms with van der Waals surface area (Å²) < 4.78 is 26.8. The van der Waals surface area contributed by atoms with Crippen LogP contribution in [0.25, 0.3) is 0 Å². The van der Waals surface area contributed by atoms with Crippen molar-refractivity contribution in [3.63, 3.8) is 0 Å². The summed E-state index contributed by atoms with van der Waals surface area (Å²) >= 11 is 0. The van der Waals surface area contributed by atoms with E-state index in [0.29, 0.717) is 6.42 Å². The van der Waals surface area contributed by atoms with Gasteiger partial charge < -0.3 is 10.2 Å². The fourth-order valence-corrected chi connectivity index (χ4v) is 7.46. The SMILES string of the molecule is O=C(NC1CCCCC1)[C@@H](Cc1ccccc1)N(Cc1ccccc1)C(=O)CCCN1C(=O)c2ccccc2S1(=O)=O. The second kappa shape index (κ2) is 13.3. The molecule has 42 heavy (non-hydrogen) atoms. The third kappa shape index (κ3) is 6.73. The van der Waals surface area contributed by atoms with E-state index in [4.69, 9.17) is 0 Å². The van der Waals surface area contributed by atoms with Gasteiger partial charge in [0.05, 0.1) is 5.56 Å². The van der Waals surface area contributed by atoms with E-state index in [0.717, 1.165) is 41.1 Å². The van der Waals surface area contributed by atoms with Crippen LogP contribution in [0.3, 0.4) is 0 Å². The molecule has 1 aliphatic heterocycles. The van der Waals surface area contributed by atoms with Crippen molar-refractivity contribution in [3.8, 4) is 0 Å². The molecule has 3 aromatic carbocycles. The first-order valence-corrected chi connectivity index (χ1v) is 16.1. The normalized spacial score (nSPS) is 17.0. The van der Waals surface area contributed by atoms with Crippen molar-refractivity contribution < 1.29 is 22.8 Å². The van der Waals surface area contributed by atoms with Crippen molar-refractivity contribution in [2.45, 2.75) is 74.9 Å². The number of benzene rings is 3. The molecule has 5 rings (SSSR count). The molecule has 8 nitrogen and oxygen atoms in total. The molecule has 0 spiro atoms. The highest BCUT2D eigenvalue weighted by molar-refractivity contribution is 7.90.